The molecule has 4 aromatic rings. The van der Waals surface area contributed by atoms with Crippen LogP contribution in [0.15, 0.2) is 64.4 Å². The molecule has 0 saturated heterocycles. The van der Waals surface area contributed by atoms with Gasteiger partial charge in [0, 0.05) is 10.9 Å². The van der Waals surface area contributed by atoms with Gasteiger partial charge >= 0.3 is 6.61 Å². The summed E-state index contributed by atoms with van der Waals surface area (Å²) in [5, 5.41) is 4.84. The van der Waals surface area contributed by atoms with Crippen molar-refractivity contribution in [2.24, 2.45) is 0 Å². The highest BCUT2D eigenvalue weighted by molar-refractivity contribution is 7.14. The standard InChI is InChI=1S/C24H20F2N2O4S/c1-14-3-4-15(2)21(11-14)30-12-18-9-10-20(31-18)22(29)28-24-27-19(13-33-24)16-5-7-17(8-6-16)32-23(25)26/h3-11,13,23H,12H2,1-2H3,(H,27,28,29). The molecule has 0 spiro atoms. The van der Waals surface area contributed by atoms with Gasteiger partial charge in [-0.05, 0) is 67.4 Å². The molecule has 9 heteroatoms. The number of hydrogen-bond acceptors (Lipinski definition) is 6. The van der Waals surface area contributed by atoms with Gasteiger partial charge in [-0.3, -0.25) is 10.1 Å². The van der Waals surface area contributed by atoms with Gasteiger partial charge in [0.1, 0.15) is 23.9 Å². The molecular formula is C24H20F2N2O4S. The lowest BCUT2D eigenvalue weighted by molar-refractivity contribution is -0.0498. The molecule has 2 heterocycles. The molecule has 0 radical (unpaired) electrons. The van der Waals surface area contributed by atoms with E-state index >= 15 is 0 Å². The normalized spacial score (nSPS) is 10.9. The fourth-order valence-electron chi connectivity index (χ4n) is 3.02. The quantitative estimate of drug-likeness (QED) is 0.320. The number of carbonyl (C=O) groups is 1. The number of rotatable bonds is 8. The molecule has 33 heavy (non-hydrogen) atoms. The van der Waals surface area contributed by atoms with Crippen molar-refractivity contribution in [1.82, 2.24) is 4.98 Å². The van der Waals surface area contributed by atoms with Crippen molar-refractivity contribution < 1.29 is 27.5 Å². The Balaban J connectivity index is 1.36. The van der Waals surface area contributed by atoms with E-state index < -0.39 is 12.5 Å². The Hall–Kier alpha value is -3.72. The Bertz CT molecular complexity index is 1250. The summed E-state index contributed by atoms with van der Waals surface area (Å²) in [6.45, 7) is 1.27. The van der Waals surface area contributed by atoms with Crippen LogP contribution >= 0.6 is 11.3 Å². The second-order valence-electron chi connectivity index (χ2n) is 7.22. The van der Waals surface area contributed by atoms with Crippen molar-refractivity contribution >= 4 is 22.4 Å². The number of nitrogens with zero attached hydrogens (tertiary/aromatic N) is 1. The third-order valence-corrected chi connectivity index (χ3v) is 5.46. The highest BCUT2D eigenvalue weighted by Gasteiger charge is 2.15. The second kappa shape index (κ2) is 9.83. The Kier molecular flexibility index (Phi) is 6.69. The molecule has 0 aliphatic carbocycles. The summed E-state index contributed by atoms with van der Waals surface area (Å²) in [6.07, 6.45) is 0. The smallest absolute Gasteiger partial charge is 0.387 e. The first-order chi connectivity index (χ1) is 15.9. The van der Waals surface area contributed by atoms with Gasteiger partial charge < -0.3 is 13.9 Å². The molecule has 170 valence electrons. The monoisotopic (exact) mass is 470 g/mol. The van der Waals surface area contributed by atoms with Crippen molar-refractivity contribution in [3.63, 3.8) is 0 Å². The number of carbonyl (C=O) groups excluding carboxylic acids is 1. The second-order valence-corrected chi connectivity index (χ2v) is 8.08. The van der Waals surface area contributed by atoms with Crippen molar-refractivity contribution in [2.75, 3.05) is 5.32 Å². The predicted molar refractivity (Wildman–Crippen MR) is 121 cm³/mol. The van der Waals surface area contributed by atoms with Crippen LogP contribution in [-0.4, -0.2) is 17.5 Å². The van der Waals surface area contributed by atoms with E-state index in [1.807, 2.05) is 32.0 Å². The molecular weight excluding hydrogens is 450 g/mol. The minimum Gasteiger partial charge on any atom is -0.485 e. The first-order valence-electron chi connectivity index (χ1n) is 9.98. The van der Waals surface area contributed by atoms with Crippen LogP contribution < -0.4 is 14.8 Å². The Labute approximate surface area is 192 Å². The van der Waals surface area contributed by atoms with E-state index in [1.54, 1.807) is 29.6 Å². The van der Waals surface area contributed by atoms with Crippen molar-refractivity contribution in [1.29, 1.82) is 0 Å². The summed E-state index contributed by atoms with van der Waals surface area (Å²) in [4.78, 5) is 16.9. The minimum atomic E-state index is -2.88. The van der Waals surface area contributed by atoms with Gasteiger partial charge in [-0.15, -0.1) is 11.3 Å². The SMILES string of the molecule is Cc1ccc(C)c(OCc2ccc(C(=O)Nc3nc(-c4ccc(OC(F)F)cc4)cs3)o2)c1. The zero-order valence-electron chi connectivity index (χ0n) is 17.8. The molecule has 0 atom stereocenters. The zero-order chi connectivity index (χ0) is 23.4. The van der Waals surface area contributed by atoms with Gasteiger partial charge in [0.2, 0.25) is 0 Å². The Morgan fingerprint density at radius 3 is 2.67 bits per heavy atom. The average molecular weight is 470 g/mol. The molecule has 1 N–H and O–H groups in total. The number of amides is 1. The van der Waals surface area contributed by atoms with Crippen molar-refractivity contribution in [3.05, 3.63) is 82.6 Å². The van der Waals surface area contributed by atoms with Gasteiger partial charge in [0.05, 0.1) is 5.69 Å². The number of ether oxygens (including phenoxy) is 2. The first-order valence-corrected chi connectivity index (χ1v) is 10.9. The van der Waals surface area contributed by atoms with E-state index in [0.717, 1.165) is 16.9 Å². The number of hydrogen-bond donors (Lipinski definition) is 1. The van der Waals surface area contributed by atoms with E-state index in [4.69, 9.17) is 9.15 Å². The van der Waals surface area contributed by atoms with Crippen LogP contribution in [0.1, 0.15) is 27.4 Å². The topological polar surface area (TPSA) is 73.6 Å². The fraction of sp³-hybridized carbons (Fsp3) is 0.167. The first kappa shape index (κ1) is 22.5. The molecule has 0 saturated carbocycles. The maximum atomic E-state index is 12.5. The number of benzene rings is 2. The lowest BCUT2D eigenvalue weighted by atomic mass is 10.1. The zero-order valence-corrected chi connectivity index (χ0v) is 18.6. The molecule has 0 unspecified atom stereocenters. The summed E-state index contributed by atoms with van der Waals surface area (Å²) in [6, 6.07) is 15.3. The van der Waals surface area contributed by atoms with Crippen molar-refractivity contribution in [2.45, 2.75) is 27.1 Å². The summed E-state index contributed by atoms with van der Waals surface area (Å²) in [5.41, 5.74) is 3.41. The van der Waals surface area contributed by atoms with Crippen LogP contribution in [-0.2, 0) is 6.61 Å². The number of aryl methyl sites for hydroxylation is 2. The number of halogens is 2. The molecule has 4 rings (SSSR count). The van der Waals surface area contributed by atoms with E-state index in [2.05, 4.69) is 15.0 Å². The lowest BCUT2D eigenvalue weighted by Gasteiger charge is -2.08. The Morgan fingerprint density at radius 1 is 1.12 bits per heavy atom. The highest BCUT2D eigenvalue weighted by atomic mass is 32.1. The summed E-state index contributed by atoms with van der Waals surface area (Å²) >= 11 is 1.24. The largest absolute Gasteiger partial charge is 0.485 e. The van der Waals surface area contributed by atoms with Gasteiger partial charge in [-0.1, -0.05) is 12.1 Å². The fourth-order valence-corrected chi connectivity index (χ4v) is 3.73. The van der Waals surface area contributed by atoms with Crippen LogP contribution in [0.2, 0.25) is 0 Å². The lowest BCUT2D eigenvalue weighted by Crippen LogP contribution is -2.10. The van der Waals surface area contributed by atoms with Gasteiger partial charge in [-0.2, -0.15) is 8.78 Å². The number of nitrogens with one attached hydrogen (secondary N) is 1. The van der Waals surface area contributed by atoms with Crippen molar-refractivity contribution in [3.8, 4) is 22.8 Å². The average Bonchev–Trinajstić information content (AvgIpc) is 3.44. The summed E-state index contributed by atoms with van der Waals surface area (Å²) < 4.78 is 40.3. The molecule has 1 amide bonds. The maximum absolute atomic E-state index is 12.5. The van der Waals surface area contributed by atoms with Gasteiger partial charge in [-0.25, -0.2) is 4.98 Å². The number of anilines is 1. The van der Waals surface area contributed by atoms with Crippen LogP contribution in [0.4, 0.5) is 13.9 Å². The molecule has 0 aliphatic heterocycles. The molecule has 2 aromatic heterocycles. The van der Waals surface area contributed by atoms with Gasteiger partial charge in [0.15, 0.2) is 10.9 Å². The third-order valence-electron chi connectivity index (χ3n) is 4.70. The van der Waals surface area contributed by atoms with Crippen LogP contribution in [0, 0.1) is 13.8 Å². The third kappa shape index (κ3) is 5.75. The molecule has 0 fully saturated rings. The summed E-state index contributed by atoms with van der Waals surface area (Å²) in [7, 11) is 0. The van der Waals surface area contributed by atoms with Gasteiger partial charge in [0.25, 0.3) is 5.91 Å². The summed E-state index contributed by atoms with van der Waals surface area (Å²) in [5.74, 6) is 1.05. The van der Waals surface area contributed by atoms with E-state index in [-0.39, 0.29) is 18.1 Å². The van der Waals surface area contributed by atoms with E-state index in [0.29, 0.717) is 22.1 Å². The number of alkyl halides is 2. The molecule has 6 nitrogen and oxygen atoms in total. The number of aromatic nitrogens is 1. The van der Waals surface area contributed by atoms with Crippen LogP contribution in [0.5, 0.6) is 11.5 Å². The van der Waals surface area contributed by atoms with Crippen LogP contribution in [0.25, 0.3) is 11.3 Å². The number of furan rings is 1. The predicted octanol–water partition coefficient (Wildman–Crippen LogP) is 6.45. The van der Waals surface area contributed by atoms with E-state index in [9.17, 15) is 13.6 Å². The van der Waals surface area contributed by atoms with Crippen LogP contribution in [0.3, 0.4) is 0 Å². The minimum absolute atomic E-state index is 0.0627. The number of thiazole rings is 1. The molecule has 0 aliphatic rings. The van der Waals surface area contributed by atoms with E-state index in [1.165, 1.54) is 23.5 Å². The molecule has 2 aromatic carbocycles. The Morgan fingerprint density at radius 2 is 1.91 bits per heavy atom. The highest BCUT2D eigenvalue weighted by Crippen LogP contribution is 2.27. The maximum Gasteiger partial charge on any atom is 0.387 e. The molecule has 0 bridgehead atoms.